The van der Waals surface area contributed by atoms with Crippen LogP contribution >= 0.6 is 0 Å². The van der Waals surface area contributed by atoms with Crippen LogP contribution in [-0.4, -0.2) is 51.8 Å². The number of hydrogen-bond acceptors (Lipinski definition) is 4. The van der Waals surface area contributed by atoms with E-state index in [1.54, 1.807) is 6.07 Å². The first-order valence-electron chi connectivity index (χ1n) is 8.29. The minimum Gasteiger partial charge on any atom is -0.508 e. The lowest BCUT2D eigenvalue weighted by atomic mass is 10.0. The predicted octanol–water partition coefficient (Wildman–Crippen LogP) is 2.60. The third-order valence-corrected chi connectivity index (χ3v) is 4.03. The van der Waals surface area contributed by atoms with Crippen LogP contribution in [0.25, 0.3) is 5.57 Å². The number of phenols is 1. The van der Waals surface area contributed by atoms with E-state index in [9.17, 15) is 14.7 Å². The lowest BCUT2D eigenvalue weighted by molar-refractivity contribution is -0.134. The molecule has 0 saturated heterocycles. The first kappa shape index (κ1) is 18.7. The number of benzene rings is 1. The van der Waals surface area contributed by atoms with Gasteiger partial charge in [0.1, 0.15) is 5.75 Å². The summed E-state index contributed by atoms with van der Waals surface area (Å²) in [5.41, 5.74) is 2.54. The summed E-state index contributed by atoms with van der Waals surface area (Å²) in [6, 6.07) is 7.61. The second-order valence-electron chi connectivity index (χ2n) is 6.26. The monoisotopic (exact) mass is 345 g/mol. The second kappa shape index (κ2) is 9.03. The van der Waals surface area contributed by atoms with Crippen molar-refractivity contribution in [3.63, 3.8) is 0 Å². The molecule has 6 heteroatoms. The summed E-state index contributed by atoms with van der Waals surface area (Å²) in [6.07, 6.45) is 7.41. The summed E-state index contributed by atoms with van der Waals surface area (Å²) in [6.45, 7) is 3.49. The molecule has 1 aromatic carbocycles. The van der Waals surface area contributed by atoms with Crippen LogP contribution in [0.15, 0.2) is 42.5 Å². The van der Waals surface area contributed by atoms with E-state index in [0.29, 0.717) is 17.9 Å². The van der Waals surface area contributed by atoms with Crippen LogP contribution in [0.4, 0.5) is 0 Å². The largest absolute Gasteiger partial charge is 0.508 e. The van der Waals surface area contributed by atoms with E-state index in [2.05, 4.69) is 17.0 Å². The molecular weight excluding hydrogens is 322 g/mol. The maximum atomic E-state index is 9.55. The standard InChI is InChI=1S/C15H19NO.C4H4O4/c17-15-5-1-3-13(9-15)14-4-2-8-16(11-14)10-12-6-7-12;5-3(6)1-2-4(7)8/h1,3-5,9,12,17H,2,6-8,10-11H2;1-2H,(H,5,6)(H,7,8)/b;2-1+. The van der Waals surface area contributed by atoms with Crippen LogP contribution in [-0.2, 0) is 9.59 Å². The zero-order chi connectivity index (χ0) is 18.2. The molecule has 0 spiro atoms. The molecule has 3 rings (SSSR count). The molecule has 25 heavy (non-hydrogen) atoms. The van der Waals surface area contributed by atoms with Crippen molar-refractivity contribution in [3.05, 3.63) is 48.1 Å². The second-order valence-corrected chi connectivity index (χ2v) is 6.26. The Morgan fingerprint density at radius 2 is 1.84 bits per heavy atom. The Labute approximate surface area is 146 Å². The lowest BCUT2D eigenvalue weighted by Gasteiger charge is -2.27. The molecule has 0 unspecified atom stereocenters. The van der Waals surface area contributed by atoms with Gasteiger partial charge in [-0.2, -0.15) is 0 Å². The third-order valence-electron chi connectivity index (χ3n) is 4.03. The number of aliphatic carboxylic acids is 2. The van der Waals surface area contributed by atoms with Crippen LogP contribution in [0.5, 0.6) is 5.75 Å². The SMILES string of the molecule is O=C(O)/C=C/C(=O)O.Oc1cccc(C2=CCCN(CC3CC3)C2)c1. The minimum atomic E-state index is -1.26. The van der Waals surface area contributed by atoms with Gasteiger partial charge in [-0.1, -0.05) is 18.2 Å². The molecule has 0 radical (unpaired) electrons. The Morgan fingerprint density at radius 3 is 2.40 bits per heavy atom. The van der Waals surface area contributed by atoms with Crippen LogP contribution in [0.3, 0.4) is 0 Å². The molecule has 1 aromatic rings. The van der Waals surface area contributed by atoms with E-state index in [1.165, 1.54) is 37.1 Å². The average molecular weight is 345 g/mol. The number of hydrogen-bond donors (Lipinski definition) is 3. The van der Waals surface area contributed by atoms with Gasteiger partial charge < -0.3 is 15.3 Å². The van der Waals surface area contributed by atoms with Gasteiger partial charge in [0, 0.05) is 31.8 Å². The molecule has 2 aliphatic rings. The fraction of sp³-hybridized carbons (Fsp3) is 0.368. The van der Waals surface area contributed by atoms with Crippen molar-refractivity contribution in [2.45, 2.75) is 19.3 Å². The van der Waals surface area contributed by atoms with Crippen LogP contribution in [0.2, 0.25) is 0 Å². The van der Waals surface area contributed by atoms with E-state index >= 15 is 0 Å². The Balaban J connectivity index is 0.000000242. The number of phenolic OH excluding ortho intramolecular Hbond substituents is 1. The highest BCUT2D eigenvalue weighted by Crippen LogP contribution is 2.31. The zero-order valence-electron chi connectivity index (χ0n) is 14.0. The first-order chi connectivity index (χ1) is 11.9. The lowest BCUT2D eigenvalue weighted by Crippen LogP contribution is -2.31. The van der Waals surface area contributed by atoms with Crippen molar-refractivity contribution in [3.8, 4) is 5.75 Å². The highest BCUT2D eigenvalue weighted by atomic mass is 16.4. The summed E-state index contributed by atoms with van der Waals surface area (Å²) in [5.74, 6) is -1.19. The molecule has 0 aromatic heterocycles. The van der Waals surface area contributed by atoms with Gasteiger partial charge in [0.05, 0.1) is 0 Å². The summed E-state index contributed by atoms with van der Waals surface area (Å²) in [4.78, 5) is 21.7. The normalized spacial score (nSPS) is 17.5. The van der Waals surface area contributed by atoms with Gasteiger partial charge in [0.25, 0.3) is 0 Å². The van der Waals surface area contributed by atoms with Gasteiger partial charge >= 0.3 is 11.9 Å². The summed E-state index contributed by atoms with van der Waals surface area (Å²) < 4.78 is 0. The molecule has 6 nitrogen and oxygen atoms in total. The summed E-state index contributed by atoms with van der Waals surface area (Å²) in [5, 5.41) is 25.1. The molecule has 1 heterocycles. The van der Waals surface area contributed by atoms with Crippen molar-refractivity contribution >= 4 is 17.5 Å². The number of carboxylic acid groups (broad SMARTS) is 2. The predicted molar refractivity (Wildman–Crippen MR) is 94.3 cm³/mol. The Kier molecular flexibility index (Phi) is 6.77. The van der Waals surface area contributed by atoms with E-state index < -0.39 is 11.9 Å². The van der Waals surface area contributed by atoms with Crippen molar-refractivity contribution in [2.75, 3.05) is 19.6 Å². The van der Waals surface area contributed by atoms with Gasteiger partial charge in [0.2, 0.25) is 0 Å². The Hall–Kier alpha value is -2.60. The Morgan fingerprint density at radius 1 is 1.16 bits per heavy atom. The number of nitrogens with zero attached hydrogens (tertiary/aromatic N) is 1. The van der Waals surface area contributed by atoms with Crippen molar-refractivity contribution in [2.24, 2.45) is 5.92 Å². The molecule has 0 atom stereocenters. The van der Waals surface area contributed by atoms with E-state index in [0.717, 1.165) is 18.9 Å². The van der Waals surface area contributed by atoms with Crippen molar-refractivity contribution < 1.29 is 24.9 Å². The van der Waals surface area contributed by atoms with Gasteiger partial charge in [-0.25, -0.2) is 9.59 Å². The number of aromatic hydroxyl groups is 1. The van der Waals surface area contributed by atoms with Gasteiger partial charge in [-0.05, 0) is 48.4 Å². The fourth-order valence-corrected chi connectivity index (χ4v) is 2.68. The fourth-order valence-electron chi connectivity index (χ4n) is 2.68. The van der Waals surface area contributed by atoms with Crippen molar-refractivity contribution in [1.29, 1.82) is 0 Å². The Bertz CT molecular complexity index is 660. The van der Waals surface area contributed by atoms with Crippen LogP contribution in [0.1, 0.15) is 24.8 Å². The molecule has 1 aliphatic carbocycles. The molecule has 0 amide bonds. The topological polar surface area (TPSA) is 98.1 Å². The smallest absolute Gasteiger partial charge is 0.328 e. The van der Waals surface area contributed by atoms with E-state index in [-0.39, 0.29) is 0 Å². The first-order valence-corrected chi connectivity index (χ1v) is 8.29. The van der Waals surface area contributed by atoms with E-state index in [4.69, 9.17) is 10.2 Å². The van der Waals surface area contributed by atoms with Gasteiger partial charge in [-0.3, -0.25) is 4.90 Å². The van der Waals surface area contributed by atoms with E-state index in [1.807, 2.05) is 12.1 Å². The summed E-state index contributed by atoms with van der Waals surface area (Å²) >= 11 is 0. The minimum absolute atomic E-state index is 0.364. The number of carbonyl (C=O) groups is 2. The molecule has 1 fully saturated rings. The molecule has 0 bridgehead atoms. The highest BCUT2D eigenvalue weighted by Gasteiger charge is 2.25. The third kappa shape index (κ3) is 7.22. The van der Waals surface area contributed by atoms with Gasteiger partial charge in [-0.15, -0.1) is 0 Å². The maximum Gasteiger partial charge on any atom is 0.328 e. The maximum absolute atomic E-state index is 9.55. The average Bonchev–Trinajstić information content (AvgIpc) is 3.38. The summed E-state index contributed by atoms with van der Waals surface area (Å²) in [7, 11) is 0. The van der Waals surface area contributed by atoms with Crippen molar-refractivity contribution in [1.82, 2.24) is 4.90 Å². The zero-order valence-corrected chi connectivity index (χ0v) is 14.0. The molecule has 134 valence electrons. The molecular formula is C19H23NO5. The number of rotatable bonds is 5. The van der Waals surface area contributed by atoms with Crippen LogP contribution < -0.4 is 0 Å². The molecule has 1 saturated carbocycles. The quantitative estimate of drug-likeness (QED) is 0.710. The van der Waals surface area contributed by atoms with Gasteiger partial charge in [0.15, 0.2) is 0 Å². The highest BCUT2D eigenvalue weighted by molar-refractivity contribution is 5.89. The number of carboxylic acids is 2. The molecule has 3 N–H and O–H groups in total. The molecule has 1 aliphatic heterocycles. The van der Waals surface area contributed by atoms with Crippen LogP contribution in [0, 0.1) is 5.92 Å².